The number of amides is 1. The van der Waals surface area contributed by atoms with Gasteiger partial charge in [0.15, 0.2) is 16.6 Å². The van der Waals surface area contributed by atoms with Gasteiger partial charge in [0.1, 0.15) is 18.2 Å². The summed E-state index contributed by atoms with van der Waals surface area (Å²) in [5.74, 6) is 1.28. The van der Waals surface area contributed by atoms with E-state index in [1.165, 1.54) is 11.3 Å². The number of thiophene rings is 1. The highest BCUT2D eigenvalue weighted by molar-refractivity contribution is 7.22. The molecule has 0 atom stereocenters. The Morgan fingerprint density at radius 1 is 1.15 bits per heavy atom. The third-order valence-corrected chi connectivity index (χ3v) is 6.52. The van der Waals surface area contributed by atoms with Crippen LogP contribution in [0.3, 0.4) is 0 Å². The van der Waals surface area contributed by atoms with E-state index in [-0.39, 0.29) is 12.3 Å². The summed E-state index contributed by atoms with van der Waals surface area (Å²) < 4.78 is 12.1. The van der Waals surface area contributed by atoms with Gasteiger partial charge in [0, 0.05) is 28.5 Å². The van der Waals surface area contributed by atoms with Gasteiger partial charge in [0.25, 0.3) is 0 Å². The van der Waals surface area contributed by atoms with Crippen LogP contribution in [-0.4, -0.2) is 29.1 Å². The Hall–Kier alpha value is -2.49. The maximum Gasteiger partial charge on any atom is 0.232 e. The monoisotopic (exact) mass is 415 g/mol. The molecule has 1 aliphatic rings. The molecule has 1 aliphatic heterocycles. The third kappa shape index (κ3) is 3.41. The van der Waals surface area contributed by atoms with Gasteiger partial charge in [0.2, 0.25) is 5.91 Å². The largest absolute Gasteiger partial charge is 0.486 e. The molecule has 0 spiro atoms. The highest BCUT2D eigenvalue weighted by Gasteiger charge is 2.16. The van der Waals surface area contributed by atoms with Crippen molar-refractivity contribution in [1.29, 1.82) is 0 Å². The van der Waals surface area contributed by atoms with Crippen molar-refractivity contribution in [3.63, 3.8) is 0 Å². The summed E-state index contributed by atoms with van der Waals surface area (Å²) in [5.41, 5.74) is 2.64. The number of nitrogens with zero attached hydrogens (tertiary/aromatic N) is 2. The van der Waals surface area contributed by atoms with Crippen LogP contribution in [0.25, 0.3) is 20.8 Å². The quantitative estimate of drug-likeness (QED) is 0.534. The van der Waals surface area contributed by atoms with E-state index in [1.807, 2.05) is 29.0 Å². The van der Waals surface area contributed by atoms with E-state index in [0.29, 0.717) is 24.1 Å². The second kappa shape index (κ2) is 6.91. The number of ether oxygens (including phenoxy) is 2. The van der Waals surface area contributed by atoms with Crippen LogP contribution < -0.4 is 14.8 Å². The first kappa shape index (κ1) is 16.7. The summed E-state index contributed by atoms with van der Waals surface area (Å²) >= 11 is 4.60. The standard InChI is InChI=1S/C18H13N3O3S3/c22-16(5-11-9-26-17(19-11)10-1-4-25-8-10)21-18-20-12-6-13-14(7-15(12)27-18)24-3-2-23-13/h1,4,6-9H,2-3,5H2,(H,20,21,22). The Morgan fingerprint density at radius 3 is 2.81 bits per heavy atom. The van der Waals surface area contributed by atoms with Crippen molar-refractivity contribution in [2.75, 3.05) is 18.5 Å². The summed E-state index contributed by atoms with van der Waals surface area (Å²) in [6.07, 6.45) is 0.222. The first-order valence-corrected chi connectivity index (χ1v) is 10.9. The maximum absolute atomic E-state index is 12.4. The molecule has 1 N–H and O–H groups in total. The second-order valence-electron chi connectivity index (χ2n) is 5.86. The Balaban J connectivity index is 1.30. The van der Waals surface area contributed by atoms with Crippen LogP contribution in [0, 0.1) is 0 Å². The van der Waals surface area contributed by atoms with Crippen molar-refractivity contribution in [3.05, 3.63) is 40.0 Å². The number of hydrogen-bond acceptors (Lipinski definition) is 8. The summed E-state index contributed by atoms with van der Waals surface area (Å²) in [6.45, 7) is 1.08. The van der Waals surface area contributed by atoms with Gasteiger partial charge in [-0.05, 0) is 11.4 Å². The minimum absolute atomic E-state index is 0.131. The first-order chi connectivity index (χ1) is 13.2. The Kier molecular flexibility index (Phi) is 4.27. The lowest BCUT2D eigenvalue weighted by molar-refractivity contribution is -0.115. The summed E-state index contributed by atoms with van der Waals surface area (Å²) in [7, 11) is 0. The lowest BCUT2D eigenvalue weighted by Crippen LogP contribution is -2.15. The number of nitrogens with one attached hydrogen (secondary N) is 1. The number of carbonyl (C=O) groups excluding carboxylic acids is 1. The fourth-order valence-corrected chi connectivity index (χ4v) is 5.18. The first-order valence-electron chi connectivity index (χ1n) is 8.21. The van der Waals surface area contributed by atoms with Crippen molar-refractivity contribution in [1.82, 2.24) is 9.97 Å². The molecule has 4 heterocycles. The molecule has 136 valence electrons. The summed E-state index contributed by atoms with van der Waals surface area (Å²) in [5, 5.41) is 10.4. The minimum atomic E-state index is -0.131. The van der Waals surface area contributed by atoms with Crippen LogP contribution >= 0.6 is 34.0 Å². The number of rotatable bonds is 4. The molecule has 0 bridgehead atoms. The predicted molar refractivity (Wildman–Crippen MR) is 108 cm³/mol. The zero-order valence-corrected chi connectivity index (χ0v) is 16.4. The number of hydrogen-bond donors (Lipinski definition) is 1. The van der Waals surface area contributed by atoms with Crippen molar-refractivity contribution in [2.45, 2.75) is 6.42 Å². The van der Waals surface area contributed by atoms with Crippen molar-refractivity contribution in [2.24, 2.45) is 0 Å². The lowest BCUT2D eigenvalue weighted by Gasteiger charge is -2.17. The van der Waals surface area contributed by atoms with Gasteiger partial charge in [-0.25, -0.2) is 9.97 Å². The SMILES string of the molecule is O=C(Cc1csc(-c2ccsc2)n1)Nc1nc2cc3c(cc2s1)OCCO3. The molecular formula is C18H13N3O3S3. The van der Waals surface area contributed by atoms with Gasteiger partial charge < -0.3 is 14.8 Å². The minimum Gasteiger partial charge on any atom is -0.486 e. The van der Waals surface area contributed by atoms with Gasteiger partial charge in [0.05, 0.1) is 22.3 Å². The molecule has 5 rings (SSSR count). The van der Waals surface area contributed by atoms with E-state index < -0.39 is 0 Å². The predicted octanol–water partition coefficient (Wildman–Crippen LogP) is 4.43. The fourth-order valence-electron chi connectivity index (χ4n) is 2.75. The van der Waals surface area contributed by atoms with Crippen LogP contribution in [0.2, 0.25) is 0 Å². The lowest BCUT2D eigenvalue weighted by atomic mass is 10.3. The number of fused-ring (bicyclic) bond motifs is 2. The number of aromatic nitrogens is 2. The molecule has 4 aromatic rings. The molecule has 0 fully saturated rings. The molecule has 0 unspecified atom stereocenters. The molecular weight excluding hydrogens is 402 g/mol. The molecule has 9 heteroatoms. The molecule has 0 saturated carbocycles. The van der Waals surface area contributed by atoms with E-state index in [2.05, 4.69) is 20.7 Å². The Morgan fingerprint density at radius 2 is 2.00 bits per heavy atom. The van der Waals surface area contributed by atoms with E-state index in [4.69, 9.17) is 9.47 Å². The maximum atomic E-state index is 12.4. The van der Waals surface area contributed by atoms with Gasteiger partial charge in [-0.15, -0.1) is 11.3 Å². The van der Waals surface area contributed by atoms with Crippen molar-refractivity contribution >= 4 is 55.3 Å². The van der Waals surface area contributed by atoms with E-state index in [0.717, 1.165) is 32.2 Å². The fraction of sp³-hybridized carbons (Fsp3) is 0.167. The topological polar surface area (TPSA) is 73.3 Å². The average molecular weight is 416 g/mol. The van der Waals surface area contributed by atoms with Crippen LogP contribution in [-0.2, 0) is 11.2 Å². The second-order valence-corrected chi connectivity index (χ2v) is 8.53. The van der Waals surface area contributed by atoms with Gasteiger partial charge in [-0.2, -0.15) is 11.3 Å². The zero-order valence-electron chi connectivity index (χ0n) is 13.9. The Labute approximate surface area is 166 Å². The van der Waals surface area contributed by atoms with Crippen molar-refractivity contribution in [3.8, 4) is 22.1 Å². The van der Waals surface area contributed by atoms with Crippen LogP contribution in [0.5, 0.6) is 11.5 Å². The average Bonchev–Trinajstić information content (AvgIpc) is 3.39. The number of carbonyl (C=O) groups is 1. The highest BCUT2D eigenvalue weighted by Crippen LogP contribution is 2.37. The van der Waals surface area contributed by atoms with E-state index in [9.17, 15) is 4.79 Å². The highest BCUT2D eigenvalue weighted by atomic mass is 32.1. The summed E-state index contributed by atoms with van der Waals surface area (Å²) in [4.78, 5) is 21.4. The van der Waals surface area contributed by atoms with Crippen LogP contribution in [0.15, 0.2) is 34.3 Å². The number of benzene rings is 1. The van der Waals surface area contributed by atoms with Gasteiger partial charge in [-0.1, -0.05) is 11.3 Å². The molecule has 1 aromatic carbocycles. The smallest absolute Gasteiger partial charge is 0.232 e. The Bertz CT molecular complexity index is 1070. The zero-order chi connectivity index (χ0) is 18.2. The third-order valence-electron chi connectivity index (χ3n) is 3.96. The van der Waals surface area contributed by atoms with Gasteiger partial charge >= 0.3 is 0 Å². The van der Waals surface area contributed by atoms with Gasteiger partial charge in [-0.3, -0.25) is 4.79 Å². The molecule has 0 saturated heterocycles. The van der Waals surface area contributed by atoms with Crippen molar-refractivity contribution < 1.29 is 14.3 Å². The molecule has 0 radical (unpaired) electrons. The molecule has 1 amide bonds. The van der Waals surface area contributed by atoms with Crippen LogP contribution in [0.4, 0.5) is 5.13 Å². The molecule has 27 heavy (non-hydrogen) atoms. The summed E-state index contributed by atoms with van der Waals surface area (Å²) in [6, 6.07) is 5.79. The molecule has 6 nitrogen and oxygen atoms in total. The van der Waals surface area contributed by atoms with E-state index in [1.54, 1.807) is 22.7 Å². The molecule has 3 aromatic heterocycles. The number of anilines is 1. The van der Waals surface area contributed by atoms with Crippen LogP contribution in [0.1, 0.15) is 5.69 Å². The van der Waals surface area contributed by atoms with E-state index >= 15 is 0 Å². The normalized spacial score (nSPS) is 13.0. The molecule has 0 aliphatic carbocycles. The number of thiazole rings is 2.